The number of hydrogen-bond donors (Lipinski definition) is 0. The molecule has 0 radical (unpaired) electrons. The van der Waals surface area contributed by atoms with Crippen molar-refractivity contribution in [2.75, 3.05) is 0 Å². The van der Waals surface area contributed by atoms with Crippen molar-refractivity contribution in [1.82, 2.24) is 4.57 Å². The summed E-state index contributed by atoms with van der Waals surface area (Å²) in [4.78, 5) is 0. The topological polar surface area (TPSA) is 4.93 Å². The summed E-state index contributed by atoms with van der Waals surface area (Å²) in [6.07, 6.45) is 0. The maximum atomic E-state index is 2.51. The molecule has 1 heteroatoms. The Kier molecular flexibility index (Phi) is 6.02. The van der Waals surface area contributed by atoms with Crippen molar-refractivity contribution >= 4 is 75.7 Å². The molecule has 1 heterocycles. The second-order valence-corrected chi connectivity index (χ2v) is 13.6. The summed E-state index contributed by atoms with van der Waals surface area (Å²) in [5.41, 5.74) is 8.61. The van der Waals surface area contributed by atoms with E-state index in [0.29, 0.717) is 0 Å². The second kappa shape index (κ2) is 10.9. The predicted octanol–water partition coefficient (Wildman–Crippen LogP) is 13.9. The van der Waals surface area contributed by atoms with Crippen LogP contribution in [0.25, 0.3) is 104 Å². The van der Waals surface area contributed by atoms with Gasteiger partial charge in [-0.1, -0.05) is 164 Å². The van der Waals surface area contributed by atoms with Gasteiger partial charge in [0.15, 0.2) is 0 Å². The van der Waals surface area contributed by atoms with Crippen molar-refractivity contribution in [3.05, 3.63) is 188 Å². The minimum absolute atomic E-state index is 1.18. The van der Waals surface area contributed by atoms with Crippen LogP contribution >= 0.6 is 0 Å². The number of nitrogens with zero attached hydrogens (tertiary/aromatic N) is 1. The Morgan fingerprint density at radius 1 is 0.294 bits per heavy atom. The van der Waals surface area contributed by atoms with Gasteiger partial charge in [-0.2, -0.15) is 0 Å². The molecule has 0 aliphatic rings. The lowest BCUT2D eigenvalue weighted by Gasteiger charge is -2.20. The molecule has 0 fully saturated rings. The molecular weight excluding hydrogens is 615 g/mol. The molecule has 10 aromatic carbocycles. The second-order valence-electron chi connectivity index (χ2n) is 13.6. The standard InChI is InChI=1S/C50H31N/c1-2-16-35-31-36(26-25-32(35)13-1)47-39-19-7-9-21-41(39)48(42-22-10-8-20-40(42)47)43-23-11-12-24-44(43)51-45-29-27-33-14-3-5-17-37(33)49(45)50-38-18-6-4-15-34(38)28-30-46(50)51/h1-31H. The van der Waals surface area contributed by atoms with Gasteiger partial charge in [0.2, 0.25) is 0 Å². The summed E-state index contributed by atoms with van der Waals surface area (Å²) < 4.78 is 2.51. The first-order chi connectivity index (χ1) is 25.3. The molecule has 0 N–H and O–H groups in total. The van der Waals surface area contributed by atoms with Gasteiger partial charge in [0, 0.05) is 16.3 Å². The maximum Gasteiger partial charge on any atom is 0.0548 e. The minimum atomic E-state index is 1.18. The number of benzene rings is 10. The number of aromatic nitrogens is 1. The average molecular weight is 646 g/mol. The Labute approximate surface area is 295 Å². The number of para-hydroxylation sites is 1. The normalized spacial score (nSPS) is 11.9. The molecule has 1 nitrogen and oxygen atoms in total. The average Bonchev–Trinajstić information content (AvgIpc) is 3.55. The van der Waals surface area contributed by atoms with Crippen LogP contribution in [0.5, 0.6) is 0 Å². The van der Waals surface area contributed by atoms with E-state index in [2.05, 4.69) is 193 Å². The molecule has 51 heavy (non-hydrogen) atoms. The molecule has 0 bridgehead atoms. The highest BCUT2D eigenvalue weighted by Gasteiger charge is 2.22. The molecule has 0 spiro atoms. The van der Waals surface area contributed by atoms with Gasteiger partial charge in [0.1, 0.15) is 0 Å². The first-order valence-electron chi connectivity index (χ1n) is 17.7. The summed E-state index contributed by atoms with van der Waals surface area (Å²) >= 11 is 0. The molecule has 0 unspecified atom stereocenters. The molecule has 11 aromatic rings. The SMILES string of the molecule is c1ccc(-n2c3ccc4ccccc4c3c3c4ccccc4ccc32)c(-c2c3ccccc3c(-c3ccc4ccccc4c3)c3ccccc23)c1. The van der Waals surface area contributed by atoms with Crippen LogP contribution in [-0.4, -0.2) is 4.57 Å². The maximum absolute atomic E-state index is 2.51. The van der Waals surface area contributed by atoms with Gasteiger partial charge in [-0.3, -0.25) is 0 Å². The molecule has 0 aliphatic carbocycles. The van der Waals surface area contributed by atoms with E-state index in [9.17, 15) is 0 Å². The minimum Gasteiger partial charge on any atom is -0.309 e. The Morgan fingerprint density at radius 2 is 0.725 bits per heavy atom. The third kappa shape index (κ3) is 4.09. The fourth-order valence-corrected chi connectivity index (χ4v) is 8.76. The van der Waals surface area contributed by atoms with Crippen LogP contribution in [0.4, 0.5) is 0 Å². The summed E-state index contributed by atoms with van der Waals surface area (Å²) in [7, 11) is 0. The highest BCUT2D eigenvalue weighted by atomic mass is 15.0. The van der Waals surface area contributed by atoms with Crippen LogP contribution in [0.1, 0.15) is 0 Å². The fourth-order valence-electron chi connectivity index (χ4n) is 8.76. The summed E-state index contributed by atoms with van der Waals surface area (Å²) in [6, 6.07) is 69.3. The van der Waals surface area contributed by atoms with E-state index in [1.54, 1.807) is 0 Å². The molecule has 0 amide bonds. The highest BCUT2D eigenvalue weighted by molar-refractivity contribution is 6.29. The zero-order chi connectivity index (χ0) is 33.5. The number of hydrogen-bond acceptors (Lipinski definition) is 0. The van der Waals surface area contributed by atoms with E-state index in [1.807, 2.05) is 0 Å². The first kappa shape index (κ1) is 28.2. The summed E-state index contributed by atoms with van der Waals surface area (Å²) in [6.45, 7) is 0. The zero-order valence-electron chi connectivity index (χ0n) is 27.8. The lowest BCUT2D eigenvalue weighted by molar-refractivity contribution is 1.18. The van der Waals surface area contributed by atoms with Gasteiger partial charge < -0.3 is 4.57 Å². The van der Waals surface area contributed by atoms with Gasteiger partial charge in [-0.05, 0) is 94.8 Å². The van der Waals surface area contributed by atoms with Gasteiger partial charge in [-0.15, -0.1) is 0 Å². The van der Waals surface area contributed by atoms with E-state index in [-0.39, 0.29) is 0 Å². The van der Waals surface area contributed by atoms with E-state index >= 15 is 0 Å². The van der Waals surface area contributed by atoms with Crippen LogP contribution in [0, 0.1) is 0 Å². The van der Waals surface area contributed by atoms with Crippen LogP contribution < -0.4 is 0 Å². The summed E-state index contributed by atoms with van der Waals surface area (Å²) in [5.74, 6) is 0. The molecule has 236 valence electrons. The Balaban J connectivity index is 1.28. The number of rotatable bonds is 3. The zero-order valence-corrected chi connectivity index (χ0v) is 27.8. The quantitative estimate of drug-likeness (QED) is 0.169. The van der Waals surface area contributed by atoms with Crippen LogP contribution in [0.3, 0.4) is 0 Å². The van der Waals surface area contributed by atoms with Gasteiger partial charge >= 0.3 is 0 Å². The lowest BCUT2D eigenvalue weighted by atomic mass is 9.85. The van der Waals surface area contributed by atoms with Gasteiger partial charge in [-0.25, -0.2) is 0 Å². The van der Waals surface area contributed by atoms with Crippen molar-refractivity contribution in [2.24, 2.45) is 0 Å². The van der Waals surface area contributed by atoms with Gasteiger partial charge in [0.25, 0.3) is 0 Å². The van der Waals surface area contributed by atoms with Gasteiger partial charge in [0.05, 0.1) is 16.7 Å². The van der Waals surface area contributed by atoms with Crippen molar-refractivity contribution in [3.8, 4) is 27.9 Å². The lowest BCUT2D eigenvalue weighted by Crippen LogP contribution is -1.99. The Bertz CT molecular complexity index is 3050. The van der Waals surface area contributed by atoms with Crippen LogP contribution in [0.15, 0.2) is 188 Å². The molecule has 0 aliphatic heterocycles. The molecular formula is C50H31N. The smallest absolute Gasteiger partial charge is 0.0548 e. The van der Waals surface area contributed by atoms with Crippen molar-refractivity contribution in [2.45, 2.75) is 0 Å². The van der Waals surface area contributed by atoms with E-state index in [4.69, 9.17) is 0 Å². The van der Waals surface area contributed by atoms with Crippen molar-refractivity contribution in [3.63, 3.8) is 0 Å². The van der Waals surface area contributed by atoms with E-state index in [0.717, 1.165) is 0 Å². The number of fused-ring (bicyclic) bond motifs is 10. The molecule has 1 aromatic heterocycles. The van der Waals surface area contributed by atoms with Crippen LogP contribution in [0.2, 0.25) is 0 Å². The predicted molar refractivity (Wildman–Crippen MR) is 219 cm³/mol. The monoisotopic (exact) mass is 645 g/mol. The Hall–Kier alpha value is -6.70. The van der Waals surface area contributed by atoms with E-state index < -0.39 is 0 Å². The van der Waals surface area contributed by atoms with Crippen molar-refractivity contribution in [1.29, 1.82) is 0 Å². The van der Waals surface area contributed by atoms with Crippen LogP contribution in [-0.2, 0) is 0 Å². The first-order valence-corrected chi connectivity index (χ1v) is 17.7. The summed E-state index contributed by atoms with van der Waals surface area (Å²) in [5, 5.41) is 15.2. The fraction of sp³-hybridized carbons (Fsp3) is 0. The van der Waals surface area contributed by atoms with E-state index in [1.165, 1.54) is 104 Å². The molecule has 11 rings (SSSR count). The largest absolute Gasteiger partial charge is 0.309 e. The highest BCUT2D eigenvalue weighted by Crippen LogP contribution is 2.47. The molecule has 0 saturated carbocycles. The molecule has 0 atom stereocenters. The third-order valence-electron chi connectivity index (χ3n) is 10.9. The third-order valence-corrected chi connectivity index (χ3v) is 10.9. The Morgan fingerprint density at radius 3 is 1.31 bits per heavy atom. The van der Waals surface area contributed by atoms with Crippen molar-refractivity contribution < 1.29 is 0 Å². The molecule has 0 saturated heterocycles.